The zero-order chi connectivity index (χ0) is 17.2. The molecule has 0 aromatic carbocycles. The second kappa shape index (κ2) is 7.00. The van der Waals surface area contributed by atoms with E-state index in [1.165, 1.54) is 17.2 Å². The molecule has 1 aromatic heterocycles. The number of morpholine rings is 1. The van der Waals surface area contributed by atoms with Gasteiger partial charge in [0.15, 0.2) is 0 Å². The van der Waals surface area contributed by atoms with Crippen molar-refractivity contribution in [3.8, 4) is 0 Å². The van der Waals surface area contributed by atoms with Crippen LogP contribution in [0.15, 0.2) is 29.1 Å². The van der Waals surface area contributed by atoms with Crippen molar-refractivity contribution in [2.45, 2.75) is 19.4 Å². The van der Waals surface area contributed by atoms with E-state index >= 15 is 0 Å². The Hall–Kier alpha value is -2.15. The first kappa shape index (κ1) is 16.3. The average Bonchev–Trinajstić information content (AvgIpc) is 3.26. The number of carbonyl (C=O) groups is 1. The van der Waals surface area contributed by atoms with E-state index < -0.39 is 0 Å². The van der Waals surface area contributed by atoms with Gasteiger partial charge in [0, 0.05) is 25.7 Å². The second-order valence-electron chi connectivity index (χ2n) is 7.13. The summed E-state index contributed by atoms with van der Waals surface area (Å²) in [5, 5.41) is 7.33. The number of nitrogens with zero attached hydrogens (tertiary/aromatic N) is 3. The van der Waals surface area contributed by atoms with Crippen LogP contribution in [0, 0.1) is 17.8 Å². The Labute approximate surface area is 146 Å². The van der Waals surface area contributed by atoms with Crippen LogP contribution in [0.25, 0.3) is 0 Å². The quantitative estimate of drug-likeness (QED) is 0.783. The normalized spacial score (nSPS) is 27.7. The molecule has 2 fully saturated rings. The topological polar surface area (TPSA) is 76.5 Å². The van der Waals surface area contributed by atoms with E-state index in [-0.39, 0.29) is 18.0 Å². The van der Waals surface area contributed by atoms with E-state index in [0.717, 1.165) is 19.5 Å². The largest absolute Gasteiger partial charge is 0.378 e. The summed E-state index contributed by atoms with van der Waals surface area (Å²) in [5.41, 5.74) is -0.255. The SMILES string of the molecule is O=C(Cn1nc(N2CCOCC2)ccc1=O)NC[C@@H]1C[C@H]2C=C[C@H]1C2. The van der Waals surface area contributed by atoms with Gasteiger partial charge in [-0.25, -0.2) is 4.68 Å². The lowest BCUT2D eigenvalue weighted by atomic mass is 9.94. The van der Waals surface area contributed by atoms with Crippen LogP contribution in [-0.2, 0) is 16.1 Å². The lowest BCUT2D eigenvalue weighted by Crippen LogP contribution is -2.40. The molecule has 1 N–H and O–H groups in total. The number of allylic oxidation sites excluding steroid dienone is 2. The van der Waals surface area contributed by atoms with Crippen molar-refractivity contribution < 1.29 is 9.53 Å². The molecule has 2 bridgehead atoms. The number of anilines is 1. The van der Waals surface area contributed by atoms with Gasteiger partial charge in [0.1, 0.15) is 12.4 Å². The Morgan fingerprint density at radius 3 is 2.80 bits per heavy atom. The predicted octanol–water partition coefficient (Wildman–Crippen LogP) is 0.408. The van der Waals surface area contributed by atoms with Crippen molar-refractivity contribution in [3.05, 3.63) is 34.6 Å². The summed E-state index contributed by atoms with van der Waals surface area (Å²) in [7, 11) is 0. The molecule has 0 spiro atoms. The molecular weight excluding hydrogens is 320 g/mol. The van der Waals surface area contributed by atoms with Crippen LogP contribution in [0.1, 0.15) is 12.8 Å². The summed E-state index contributed by atoms with van der Waals surface area (Å²) in [6.07, 6.45) is 6.96. The summed E-state index contributed by atoms with van der Waals surface area (Å²) in [6, 6.07) is 3.19. The Bertz CT molecular complexity index is 723. The van der Waals surface area contributed by atoms with Gasteiger partial charge in [-0.3, -0.25) is 9.59 Å². The monoisotopic (exact) mass is 344 g/mol. The molecule has 1 saturated carbocycles. The third kappa shape index (κ3) is 3.61. The molecule has 3 aliphatic rings. The molecule has 7 heteroatoms. The number of aromatic nitrogens is 2. The minimum atomic E-state index is -0.255. The first-order valence-electron chi connectivity index (χ1n) is 9.05. The zero-order valence-corrected chi connectivity index (χ0v) is 14.3. The van der Waals surface area contributed by atoms with Gasteiger partial charge < -0.3 is 15.0 Å². The van der Waals surface area contributed by atoms with E-state index in [9.17, 15) is 9.59 Å². The third-order valence-corrected chi connectivity index (χ3v) is 5.46. The van der Waals surface area contributed by atoms with Gasteiger partial charge in [-0.1, -0.05) is 12.2 Å². The van der Waals surface area contributed by atoms with Crippen LogP contribution in [0.5, 0.6) is 0 Å². The Morgan fingerprint density at radius 1 is 1.24 bits per heavy atom. The molecular formula is C18H24N4O3. The maximum absolute atomic E-state index is 12.3. The molecule has 1 aromatic rings. The van der Waals surface area contributed by atoms with Gasteiger partial charge in [-0.05, 0) is 36.7 Å². The minimum Gasteiger partial charge on any atom is -0.378 e. The van der Waals surface area contributed by atoms with Crippen LogP contribution < -0.4 is 15.8 Å². The number of amides is 1. The molecule has 1 aliphatic heterocycles. The van der Waals surface area contributed by atoms with Crippen LogP contribution in [0.2, 0.25) is 0 Å². The second-order valence-corrected chi connectivity index (χ2v) is 7.13. The smallest absolute Gasteiger partial charge is 0.267 e. The Balaban J connectivity index is 1.35. The zero-order valence-electron chi connectivity index (χ0n) is 14.3. The molecule has 3 atom stereocenters. The van der Waals surface area contributed by atoms with Crippen molar-refractivity contribution in [2.75, 3.05) is 37.7 Å². The highest BCUT2D eigenvalue weighted by molar-refractivity contribution is 5.75. The first-order chi connectivity index (χ1) is 12.2. The lowest BCUT2D eigenvalue weighted by Gasteiger charge is -2.27. The van der Waals surface area contributed by atoms with Gasteiger partial charge in [0.05, 0.1) is 13.2 Å². The number of hydrogen-bond acceptors (Lipinski definition) is 5. The summed E-state index contributed by atoms with van der Waals surface area (Å²) in [6.45, 7) is 3.44. The fraction of sp³-hybridized carbons (Fsp3) is 0.611. The molecule has 0 radical (unpaired) electrons. The van der Waals surface area contributed by atoms with E-state index in [4.69, 9.17) is 4.74 Å². The van der Waals surface area contributed by atoms with Gasteiger partial charge >= 0.3 is 0 Å². The third-order valence-electron chi connectivity index (χ3n) is 5.46. The summed E-state index contributed by atoms with van der Waals surface area (Å²) in [4.78, 5) is 26.3. The van der Waals surface area contributed by atoms with Crippen LogP contribution in [-0.4, -0.2) is 48.5 Å². The highest BCUT2D eigenvalue weighted by Gasteiger charge is 2.35. The van der Waals surface area contributed by atoms with Gasteiger partial charge in [-0.15, -0.1) is 0 Å². The van der Waals surface area contributed by atoms with E-state index in [0.29, 0.717) is 43.3 Å². The summed E-state index contributed by atoms with van der Waals surface area (Å²) in [5.74, 6) is 2.40. The molecule has 1 amide bonds. The molecule has 7 nitrogen and oxygen atoms in total. The fourth-order valence-corrected chi connectivity index (χ4v) is 4.08. The molecule has 2 aliphatic carbocycles. The van der Waals surface area contributed by atoms with Gasteiger partial charge in [0.25, 0.3) is 5.56 Å². The van der Waals surface area contributed by atoms with Crippen molar-refractivity contribution in [1.29, 1.82) is 0 Å². The number of nitrogens with one attached hydrogen (secondary N) is 1. The highest BCUT2D eigenvalue weighted by Crippen LogP contribution is 2.42. The number of rotatable bonds is 5. The van der Waals surface area contributed by atoms with Gasteiger partial charge in [-0.2, -0.15) is 5.10 Å². The van der Waals surface area contributed by atoms with Crippen LogP contribution in [0.3, 0.4) is 0 Å². The number of hydrogen-bond donors (Lipinski definition) is 1. The van der Waals surface area contributed by atoms with Crippen molar-refractivity contribution in [1.82, 2.24) is 15.1 Å². The predicted molar refractivity (Wildman–Crippen MR) is 93.4 cm³/mol. The van der Waals surface area contributed by atoms with Gasteiger partial charge in [0.2, 0.25) is 5.91 Å². The highest BCUT2D eigenvalue weighted by atomic mass is 16.5. The fourth-order valence-electron chi connectivity index (χ4n) is 4.08. The van der Waals surface area contributed by atoms with E-state index in [1.54, 1.807) is 6.07 Å². The Kier molecular flexibility index (Phi) is 4.57. The molecule has 2 heterocycles. The summed E-state index contributed by atoms with van der Waals surface area (Å²) < 4.78 is 6.59. The van der Waals surface area contributed by atoms with Crippen molar-refractivity contribution in [2.24, 2.45) is 17.8 Å². The molecule has 1 saturated heterocycles. The van der Waals surface area contributed by atoms with E-state index in [1.807, 2.05) is 0 Å². The first-order valence-corrected chi connectivity index (χ1v) is 9.05. The number of ether oxygens (including phenoxy) is 1. The lowest BCUT2D eigenvalue weighted by molar-refractivity contribution is -0.122. The van der Waals surface area contributed by atoms with Crippen molar-refractivity contribution >= 4 is 11.7 Å². The number of fused-ring (bicyclic) bond motifs is 2. The number of carbonyl (C=O) groups excluding carboxylic acids is 1. The maximum Gasteiger partial charge on any atom is 0.267 e. The minimum absolute atomic E-state index is 0.0341. The molecule has 0 unspecified atom stereocenters. The molecule has 4 rings (SSSR count). The Morgan fingerprint density at radius 2 is 2.08 bits per heavy atom. The molecule has 25 heavy (non-hydrogen) atoms. The van der Waals surface area contributed by atoms with E-state index in [2.05, 4.69) is 27.5 Å². The maximum atomic E-state index is 12.3. The van der Waals surface area contributed by atoms with Crippen molar-refractivity contribution in [3.63, 3.8) is 0 Å². The van der Waals surface area contributed by atoms with Crippen LogP contribution in [0.4, 0.5) is 5.82 Å². The average molecular weight is 344 g/mol. The standard InChI is InChI=1S/C18H24N4O3/c23-17(19-11-15-10-13-1-2-14(15)9-13)12-22-18(24)4-3-16(20-22)21-5-7-25-8-6-21/h1-4,13-15H,5-12H2,(H,19,23)/t13-,14-,15-/m0/s1. The summed E-state index contributed by atoms with van der Waals surface area (Å²) >= 11 is 0. The molecule has 134 valence electrons. The van der Waals surface area contributed by atoms with Crippen LogP contribution >= 0.6 is 0 Å².